The fourth-order valence-corrected chi connectivity index (χ4v) is 3.51. The summed E-state index contributed by atoms with van der Waals surface area (Å²) in [7, 11) is 0. The topological polar surface area (TPSA) is 61.3 Å². The molecule has 0 saturated heterocycles. The minimum atomic E-state index is 0.667. The summed E-state index contributed by atoms with van der Waals surface area (Å²) in [5.41, 5.74) is 13.0. The second kappa shape index (κ2) is 16.8. The van der Waals surface area contributed by atoms with Gasteiger partial charge in [-0.2, -0.15) is 0 Å². The van der Waals surface area contributed by atoms with Crippen LogP contribution in [0.2, 0.25) is 0 Å². The lowest BCUT2D eigenvalue weighted by molar-refractivity contribution is 0.306. The first-order chi connectivity index (χ1) is 13.2. The number of nitrogen functional groups attached to an aromatic ring is 2. The van der Waals surface area contributed by atoms with Crippen molar-refractivity contribution >= 4 is 11.4 Å². The highest BCUT2D eigenvalue weighted by Gasteiger charge is 2.00. The molecule has 0 atom stereocenters. The van der Waals surface area contributed by atoms with Crippen molar-refractivity contribution < 1.29 is 4.74 Å². The van der Waals surface area contributed by atoms with Crippen molar-refractivity contribution in [1.29, 1.82) is 0 Å². The summed E-state index contributed by atoms with van der Waals surface area (Å²) in [5.74, 6) is 0.718. The highest BCUT2D eigenvalue weighted by Crippen LogP contribution is 2.24. The summed E-state index contributed by atoms with van der Waals surface area (Å²) in [6.45, 7) is 3.01. The van der Waals surface area contributed by atoms with Crippen molar-refractivity contribution in [3.63, 3.8) is 0 Å². The smallest absolute Gasteiger partial charge is 0.144 e. The molecule has 0 bridgehead atoms. The van der Waals surface area contributed by atoms with Crippen LogP contribution in [0.5, 0.6) is 5.75 Å². The van der Waals surface area contributed by atoms with Crippen LogP contribution in [-0.4, -0.2) is 6.61 Å². The van der Waals surface area contributed by atoms with Crippen LogP contribution in [-0.2, 0) is 0 Å². The molecular formula is C24H44N2O. The molecule has 27 heavy (non-hydrogen) atoms. The number of hydrogen-bond donors (Lipinski definition) is 2. The van der Waals surface area contributed by atoms with E-state index in [1.165, 1.54) is 96.3 Å². The van der Waals surface area contributed by atoms with Gasteiger partial charge in [-0.1, -0.05) is 103 Å². The second-order valence-electron chi connectivity index (χ2n) is 7.95. The molecule has 0 fully saturated rings. The number of hydrogen-bond acceptors (Lipinski definition) is 3. The van der Waals surface area contributed by atoms with Gasteiger partial charge in [-0.25, -0.2) is 0 Å². The average Bonchev–Trinajstić information content (AvgIpc) is 2.67. The normalized spacial score (nSPS) is 11.0. The van der Waals surface area contributed by atoms with Gasteiger partial charge in [-0.3, -0.25) is 0 Å². The molecule has 156 valence electrons. The molecule has 3 nitrogen and oxygen atoms in total. The molecule has 0 radical (unpaired) electrons. The van der Waals surface area contributed by atoms with E-state index >= 15 is 0 Å². The average molecular weight is 377 g/mol. The van der Waals surface area contributed by atoms with Gasteiger partial charge in [-0.15, -0.1) is 0 Å². The third kappa shape index (κ3) is 13.4. The van der Waals surface area contributed by atoms with Gasteiger partial charge in [0.25, 0.3) is 0 Å². The number of unbranched alkanes of at least 4 members (excludes halogenated alkanes) is 15. The molecule has 0 spiro atoms. The summed E-state index contributed by atoms with van der Waals surface area (Å²) in [4.78, 5) is 0. The van der Waals surface area contributed by atoms with Crippen molar-refractivity contribution in [2.24, 2.45) is 0 Å². The number of rotatable bonds is 18. The standard InChI is InChI=1S/C24H44N2O/c1-2-3-4-5-6-7-8-9-10-11-12-13-14-15-16-17-20-27-24-21-22(25)18-19-23(24)26/h18-19,21H,2-17,20,25-26H2,1H3. The Balaban J connectivity index is 1.78. The fourth-order valence-electron chi connectivity index (χ4n) is 3.51. The Hall–Kier alpha value is -1.38. The SMILES string of the molecule is CCCCCCCCCCCCCCCCCCOc1cc(N)ccc1N. The lowest BCUT2D eigenvalue weighted by atomic mass is 10.0. The van der Waals surface area contributed by atoms with E-state index in [2.05, 4.69) is 6.92 Å². The predicted molar refractivity (Wildman–Crippen MR) is 120 cm³/mol. The third-order valence-corrected chi connectivity index (χ3v) is 5.29. The molecule has 1 aromatic carbocycles. The van der Waals surface area contributed by atoms with Gasteiger partial charge in [-0.05, 0) is 18.6 Å². The molecule has 0 amide bonds. The van der Waals surface area contributed by atoms with Crippen LogP contribution in [0.25, 0.3) is 0 Å². The summed E-state index contributed by atoms with van der Waals surface area (Å²) < 4.78 is 5.73. The van der Waals surface area contributed by atoms with Crippen LogP contribution in [0.1, 0.15) is 110 Å². The van der Waals surface area contributed by atoms with E-state index < -0.39 is 0 Å². The Labute approximate surface area is 168 Å². The summed E-state index contributed by atoms with van der Waals surface area (Å²) in [6.07, 6.45) is 22.1. The molecule has 0 saturated carbocycles. The van der Waals surface area contributed by atoms with Crippen molar-refractivity contribution in [3.8, 4) is 5.75 Å². The van der Waals surface area contributed by atoms with Crippen LogP contribution in [0.3, 0.4) is 0 Å². The van der Waals surface area contributed by atoms with Crippen molar-refractivity contribution in [1.82, 2.24) is 0 Å². The maximum absolute atomic E-state index is 5.88. The largest absolute Gasteiger partial charge is 0.491 e. The summed E-state index contributed by atoms with van der Waals surface area (Å²) in [6, 6.07) is 5.41. The van der Waals surface area contributed by atoms with Crippen LogP contribution in [0, 0.1) is 0 Å². The van der Waals surface area contributed by atoms with E-state index in [-0.39, 0.29) is 0 Å². The van der Waals surface area contributed by atoms with Crippen molar-refractivity contribution in [3.05, 3.63) is 18.2 Å². The molecule has 0 aromatic heterocycles. The van der Waals surface area contributed by atoms with Crippen molar-refractivity contribution in [2.45, 2.75) is 110 Å². The van der Waals surface area contributed by atoms with Gasteiger partial charge >= 0.3 is 0 Å². The van der Waals surface area contributed by atoms with E-state index in [0.717, 1.165) is 18.8 Å². The highest BCUT2D eigenvalue weighted by atomic mass is 16.5. The zero-order valence-corrected chi connectivity index (χ0v) is 17.8. The van der Waals surface area contributed by atoms with E-state index in [0.29, 0.717) is 11.4 Å². The minimum absolute atomic E-state index is 0.667. The van der Waals surface area contributed by atoms with Crippen LogP contribution < -0.4 is 16.2 Å². The Bertz CT molecular complexity index is 462. The summed E-state index contributed by atoms with van der Waals surface area (Å²) in [5, 5.41) is 0. The van der Waals surface area contributed by atoms with E-state index in [9.17, 15) is 0 Å². The number of nitrogens with two attached hydrogens (primary N) is 2. The number of ether oxygens (including phenoxy) is 1. The molecule has 4 N–H and O–H groups in total. The molecule has 0 unspecified atom stereocenters. The minimum Gasteiger partial charge on any atom is -0.491 e. The maximum Gasteiger partial charge on any atom is 0.144 e. The molecule has 0 heterocycles. The molecule has 1 rings (SSSR count). The highest BCUT2D eigenvalue weighted by molar-refractivity contribution is 5.59. The quantitative estimate of drug-likeness (QED) is 0.206. The monoisotopic (exact) mass is 376 g/mol. The zero-order valence-electron chi connectivity index (χ0n) is 17.8. The van der Waals surface area contributed by atoms with Crippen molar-refractivity contribution in [2.75, 3.05) is 18.1 Å². The second-order valence-corrected chi connectivity index (χ2v) is 7.95. The van der Waals surface area contributed by atoms with Gasteiger partial charge in [0, 0.05) is 11.8 Å². The molecule has 1 aromatic rings. The predicted octanol–water partition coefficient (Wildman–Crippen LogP) is 7.49. The fraction of sp³-hybridized carbons (Fsp3) is 0.750. The molecule has 0 aliphatic carbocycles. The molecule has 0 aliphatic heterocycles. The first-order valence-electron chi connectivity index (χ1n) is 11.5. The van der Waals surface area contributed by atoms with Gasteiger partial charge in [0.2, 0.25) is 0 Å². The first-order valence-corrected chi connectivity index (χ1v) is 11.5. The Morgan fingerprint density at radius 2 is 1.07 bits per heavy atom. The third-order valence-electron chi connectivity index (χ3n) is 5.29. The van der Waals surface area contributed by atoms with Crippen LogP contribution in [0.4, 0.5) is 11.4 Å². The van der Waals surface area contributed by atoms with Gasteiger partial charge in [0.15, 0.2) is 0 Å². The number of anilines is 2. The lowest BCUT2D eigenvalue weighted by Gasteiger charge is -2.09. The van der Waals surface area contributed by atoms with Gasteiger partial charge in [0.05, 0.1) is 12.3 Å². The lowest BCUT2D eigenvalue weighted by Crippen LogP contribution is -2.01. The van der Waals surface area contributed by atoms with Crippen LogP contribution >= 0.6 is 0 Å². The molecule has 3 heteroatoms. The van der Waals surface area contributed by atoms with E-state index in [4.69, 9.17) is 16.2 Å². The Kier molecular flexibility index (Phi) is 14.7. The zero-order chi connectivity index (χ0) is 19.6. The maximum atomic E-state index is 5.88. The van der Waals surface area contributed by atoms with E-state index in [1.54, 1.807) is 12.1 Å². The first kappa shape index (κ1) is 23.7. The summed E-state index contributed by atoms with van der Waals surface area (Å²) >= 11 is 0. The molecular weight excluding hydrogens is 332 g/mol. The Morgan fingerprint density at radius 3 is 1.56 bits per heavy atom. The van der Waals surface area contributed by atoms with E-state index in [1.807, 2.05) is 6.07 Å². The van der Waals surface area contributed by atoms with Crippen LogP contribution in [0.15, 0.2) is 18.2 Å². The Morgan fingerprint density at radius 1 is 0.630 bits per heavy atom. The van der Waals surface area contributed by atoms with Gasteiger partial charge in [0.1, 0.15) is 5.75 Å². The molecule has 0 aliphatic rings. The number of benzene rings is 1. The van der Waals surface area contributed by atoms with Gasteiger partial charge < -0.3 is 16.2 Å².